The van der Waals surface area contributed by atoms with E-state index in [-0.39, 0.29) is 0 Å². The van der Waals surface area contributed by atoms with Gasteiger partial charge < -0.3 is 14.4 Å². The van der Waals surface area contributed by atoms with E-state index in [1.165, 1.54) is 18.1 Å². The third kappa shape index (κ3) is 2.59. The second kappa shape index (κ2) is 5.89. The monoisotopic (exact) mass is 331 g/mol. The zero-order valence-electron chi connectivity index (χ0n) is 13.0. The van der Waals surface area contributed by atoms with Gasteiger partial charge in [-0.3, -0.25) is 0 Å². The molecule has 0 aliphatic carbocycles. The standard InChI is InChI=1S/C14H17N7OS/c1-8-10-12(22-20-8)16-7-17-13(10)23-14-19-18-11(21(14)2)9-3-5-15-6-4-9/h7,9,15H,3-6H2,1-2H3. The molecule has 4 heterocycles. The van der Waals surface area contributed by atoms with Gasteiger partial charge in [0, 0.05) is 13.0 Å². The van der Waals surface area contributed by atoms with Crippen molar-refractivity contribution in [3.63, 3.8) is 0 Å². The average Bonchev–Trinajstić information content (AvgIpc) is 3.13. The predicted octanol–water partition coefficient (Wildman–Crippen LogP) is 1.67. The van der Waals surface area contributed by atoms with Gasteiger partial charge in [0.25, 0.3) is 5.71 Å². The number of aryl methyl sites for hydroxylation is 1. The molecule has 0 spiro atoms. The fourth-order valence-corrected chi connectivity index (χ4v) is 3.83. The second-order valence-corrected chi connectivity index (χ2v) is 6.61. The highest BCUT2D eigenvalue weighted by Gasteiger charge is 2.23. The van der Waals surface area contributed by atoms with Crippen molar-refractivity contribution in [1.82, 2.24) is 35.2 Å². The third-order valence-corrected chi connectivity index (χ3v) is 5.21. The van der Waals surface area contributed by atoms with Crippen LogP contribution in [0.5, 0.6) is 0 Å². The molecule has 1 saturated heterocycles. The molecule has 120 valence electrons. The molecule has 3 aromatic heterocycles. The summed E-state index contributed by atoms with van der Waals surface area (Å²) < 4.78 is 7.26. The van der Waals surface area contributed by atoms with Crippen LogP contribution in [0.2, 0.25) is 0 Å². The van der Waals surface area contributed by atoms with E-state index in [4.69, 9.17) is 4.52 Å². The quantitative estimate of drug-likeness (QED) is 0.724. The van der Waals surface area contributed by atoms with Gasteiger partial charge in [0.2, 0.25) is 0 Å². The number of hydrogen-bond acceptors (Lipinski definition) is 8. The number of piperidine rings is 1. The van der Waals surface area contributed by atoms with Crippen LogP contribution in [0.4, 0.5) is 0 Å². The summed E-state index contributed by atoms with van der Waals surface area (Å²) >= 11 is 1.47. The lowest BCUT2D eigenvalue weighted by molar-refractivity contribution is 0.434. The number of fused-ring (bicyclic) bond motifs is 1. The lowest BCUT2D eigenvalue weighted by Gasteiger charge is -2.21. The Labute approximate surface area is 137 Å². The number of rotatable bonds is 3. The zero-order chi connectivity index (χ0) is 15.8. The van der Waals surface area contributed by atoms with E-state index in [0.29, 0.717) is 11.6 Å². The van der Waals surface area contributed by atoms with Crippen molar-refractivity contribution in [2.75, 3.05) is 13.1 Å². The largest absolute Gasteiger partial charge is 0.335 e. The molecule has 0 amide bonds. The van der Waals surface area contributed by atoms with E-state index < -0.39 is 0 Å². The molecule has 0 radical (unpaired) electrons. The van der Waals surface area contributed by atoms with Crippen LogP contribution >= 0.6 is 11.8 Å². The molecule has 8 nitrogen and oxygen atoms in total. The highest BCUT2D eigenvalue weighted by atomic mass is 32.2. The molecule has 0 atom stereocenters. The minimum Gasteiger partial charge on any atom is -0.335 e. The molecule has 0 saturated carbocycles. The Morgan fingerprint density at radius 2 is 2.09 bits per heavy atom. The Hall–Kier alpha value is -2.00. The second-order valence-electron chi connectivity index (χ2n) is 5.65. The van der Waals surface area contributed by atoms with Gasteiger partial charge >= 0.3 is 0 Å². The first-order chi connectivity index (χ1) is 11.2. The SMILES string of the molecule is Cc1noc2ncnc(Sc3nnc(C4CCNCC4)n3C)c12. The summed E-state index contributed by atoms with van der Waals surface area (Å²) in [4.78, 5) is 8.46. The molecule has 0 unspecified atom stereocenters. The lowest BCUT2D eigenvalue weighted by Crippen LogP contribution is -2.27. The summed E-state index contributed by atoms with van der Waals surface area (Å²) in [7, 11) is 2.01. The topological polar surface area (TPSA) is 94.6 Å². The Bertz CT molecular complexity index is 837. The molecule has 0 aromatic carbocycles. The van der Waals surface area contributed by atoms with Crippen LogP contribution in [0.1, 0.15) is 30.3 Å². The fraction of sp³-hybridized carbons (Fsp3) is 0.500. The molecule has 1 aliphatic rings. The first-order valence-electron chi connectivity index (χ1n) is 7.59. The van der Waals surface area contributed by atoms with Gasteiger partial charge in [-0.2, -0.15) is 4.98 Å². The minimum atomic E-state index is 0.464. The highest BCUT2D eigenvalue weighted by Crippen LogP contribution is 2.33. The van der Waals surface area contributed by atoms with Crippen LogP contribution in [-0.2, 0) is 7.05 Å². The normalized spacial score (nSPS) is 16.3. The van der Waals surface area contributed by atoms with Crippen LogP contribution in [0.15, 0.2) is 21.0 Å². The molecule has 0 bridgehead atoms. The van der Waals surface area contributed by atoms with Gasteiger partial charge in [-0.15, -0.1) is 10.2 Å². The summed E-state index contributed by atoms with van der Waals surface area (Å²) in [6, 6.07) is 0. The van der Waals surface area contributed by atoms with Crippen molar-refractivity contribution in [2.24, 2.45) is 7.05 Å². The molecule has 3 aromatic rings. The summed E-state index contributed by atoms with van der Waals surface area (Å²) in [6.45, 7) is 3.95. The molecule has 1 aliphatic heterocycles. The summed E-state index contributed by atoms with van der Waals surface area (Å²) in [6.07, 6.45) is 3.68. The number of hydrogen-bond donors (Lipinski definition) is 1. The highest BCUT2D eigenvalue weighted by molar-refractivity contribution is 7.99. The lowest BCUT2D eigenvalue weighted by atomic mass is 9.97. The van der Waals surface area contributed by atoms with Gasteiger partial charge in [-0.1, -0.05) is 5.16 Å². The molecular weight excluding hydrogens is 314 g/mol. The maximum absolute atomic E-state index is 5.19. The Morgan fingerprint density at radius 1 is 1.26 bits per heavy atom. The van der Waals surface area contributed by atoms with Crippen molar-refractivity contribution >= 4 is 22.9 Å². The number of nitrogens with one attached hydrogen (secondary N) is 1. The fourth-order valence-electron chi connectivity index (χ4n) is 2.90. The van der Waals surface area contributed by atoms with E-state index >= 15 is 0 Å². The van der Waals surface area contributed by atoms with Crippen molar-refractivity contribution in [2.45, 2.75) is 35.9 Å². The molecule has 4 rings (SSSR count). The molecule has 1 N–H and O–H groups in total. The van der Waals surface area contributed by atoms with Crippen LogP contribution < -0.4 is 5.32 Å². The van der Waals surface area contributed by atoms with Gasteiger partial charge in [-0.05, 0) is 44.6 Å². The molecule has 9 heteroatoms. The minimum absolute atomic E-state index is 0.464. The first-order valence-corrected chi connectivity index (χ1v) is 8.40. The van der Waals surface area contributed by atoms with Gasteiger partial charge in [0.15, 0.2) is 5.16 Å². The van der Waals surface area contributed by atoms with Crippen molar-refractivity contribution in [3.8, 4) is 0 Å². The summed E-state index contributed by atoms with van der Waals surface area (Å²) in [5.74, 6) is 1.51. The third-order valence-electron chi connectivity index (χ3n) is 4.17. The van der Waals surface area contributed by atoms with Crippen molar-refractivity contribution < 1.29 is 4.52 Å². The molecule has 1 fully saturated rings. The first kappa shape index (κ1) is 14.6. The van der Waals surface area contributed by atoms with Crippen LogP contribution in [0.3, 0.4) is 0 Å². The molecule has 23 heavy (non-hydrogen) atoms. The van der Waals surface area contributed by atoms with Crippen molar-refractivity contribution in [3.05, 3.63) is 17.8 Å². The molecular formula is C14H17N7OS. The zero-order valence-corrected chi connectivity index (χ0v) is 13.8. The predicted molar refractivity (Wildman–Crippen MR) is 84.3 cm³/mol. The maximum atomic E-state index is 5.19. The number of aromatic nitrogens is 6. The van der Waals surface area contributed by atoms with E-state index in [1.807, 2.05) is 14.0 Å². The van der Waals surface area contributed by atoms with E-state index in [9.17, 15) is 0 Å². The summed E-state index contributed by atoms with van der Waals surface area (Å²) in [5, 5.41) is 18.5. The average molecular weight is 331 g/mol. The Kier molecular flexibility index (Phi) is 3.74. The van der Waals surface area contributed by atoms with E-state index in [0.717, 1.165) is 53.0 Å². The Balaban J connectivity index is 1.66. The van der Waals surface area contributed by atoms with Crippen LogP contribution in [0, 0.1) is 6.92 Å². The van der Waals surface area contributed by atoms with Crippen LogP contribution in [-0.4, -0.2) is 43.0 Å². The summed E-state index contributed by atoms with van der Waals surface area (Å²) in [5.41, 5.74) is 1.28. The van der Waals surface area contributed by atoms with Crippen LogP contribution in [0.25, 0.3) is 11.1 Å². The smallest absolute Gasteiger partial charge is 0.262 e. The number of nitrogens with zero attached hydrogens (tertiary/aromatic N) is 6. The van der Waals surface area contributed by atoms with Gasteiger partial charge in [-0.25, -0.2) is 4.98 Å². The van der Waals surface area contributed by atoms with Crippen molar-refractivity contribution in [1.29, 1.82) is 0 Å². The van der Waals surface area contributed by atoms with E-state index in [1.54, 1.807) is 0 Å². The van der Waals surface area contributed by atoms with E-state index in [2.05, 4.69) is 35.2 Å². The maximum Gasteiger partial charge on any atom is 0.262 e. The van der Waals surface area contributed by atoms with Gasteiger partial charge in [0.1, 0.15) is 17.2 Å². The Morgan fingerprint density at radius 3 is 2.91 bits per heavy atom. The van der Waals surface area contributed by atoms with Gasteiger partial charge in [0.05, 0.1) is 11.1 Å².